The Kier molecular flexibility index (Phi) is 8.77. The molecule has 25 heavy (non-hydrogen) atoms. The fourth-order valence-corrected chi connectivity index (χ4v) is 2.30. The van der Waals surface area contributed by atoms with E-state index >= 15 is 0 Å². The molecule has 1 unspecified atom stereocenters. The normalized spacial score (nSPS) is 11.3. The zero-order valence-corrected chi connectivity index (χ0v) is 14.8. The summed E-state index contributed by atoms with van der Waals surface area (Å²) in [5.74, 6) is 0.443. The molecule has 0 bridgehead atoms. The summed E-state index contributed by atoms with van der Waals surface area (Å²) < 4.78 is 10.7. The molecule has 0 aliphatic rings. The van der Waals surface area contributed by atoms with Crippen molar-refractivity contribution >= 4 is 18.3 Å². The molecule has 0 saturated carbocycles. The molecule has 0 radical (unpaired) electrons. The van der Waals surface area contributed by atoms with E-state index in [4.69, 9.17) is 15.2 Å². The number of halogens is 1. The Morgan fingerprint density at radius 2 is 1.92 bits per heavy atom. The van der Waals surface area contributed by atoms with Gasteiger partial charge in [-0.25, -0.2) is 0 Å². The summed E-state index contributed by atoms with van der Waals surface area (Å²) in [5, 5.41) is 13.3. The van der Waals surface area contributed by atoms with Crippen molar-refractivity contribution in [1.29, 1.82) is 0 Å². The molecular formula is C18H23ClN2O4. The highest BCUT2D eigenvalue weighted by molar-refractivity contribution is 5.85. The lowest BCUT2D eigenvalue weighted by atomic mass is 10.1. The average Bonchev–Trinajstić information content (AvgIpc) is 2.60. The number of aliphatic hydroxyl groups is 1. The molecule has 0 fully saturated rings. The third-order valence-corrected chi connectivity index (χ3v) is 3.48. The minimum absolute atomic E-state index is 0. The largest absolute Gasteiger partial charge is 0.493 e. The number of hydrogen-bond donors (Lipinski definition) is 3. The van der Waals surface area contributed by atoms with Crippen LogP contribution in [0.25, 0.3) is 0 Å². The quantitative estimate of drug-likeness (QED) is 0.629. The van der Waals surface area contributed by atoms with Crippen LogP contribution >= 0.6 is 12.4 Å². The Hall–Kier alpha value is -2.28. The summed E-state index contributed by atoms with van der Waals surface area (Å²) in [4.78, 5) is 11.0. The lowest BCUT2D eigenvalue weighted by Crippen LogP contribution is -2.23. The van der Waals surface area contributed by atoms with E-state index in [1.807, 2.05) is 42.5 Å². The first-order valence-electron chi connectivity index (χ1n) is 7.62. The predicted octanol–water partition coefficient (Wildman–Crippen LogP) is 1.80. The number of carbonyl (C=O) groups is 1. The zero-order valence-electron chi connectivity index (χ0n) is 14.0. The van der Waals surface area contributed by atoms with Crippen LogP contribution in [-0.2, 0) is 11.3 Å². The van der Waals surface area contributed by atoms with Crippen molar-refractivity contribution in [1.82, 2.24) is 5.32 Å². The van der Waals surface area contributed by atoms with Crippen molar-refractivity contribution in [3.63, 3.8) is 0 Å². The van der Waals surface area contributed by atoms with Gasteiger partial charge in [-0.05, 0) is 11.6 Å². The van der Waals surface area contributed by atoms with E-state index in [0.717, 1.165) is 11.1 Å². The molecular weight excluding hydrogens is 344 g/mol. The van der Waals surface area contributed by atoms with E-state index in [0.29, 0.717) is 24.6 Å². The second-order valence-electron chi connectivity index (χ2n) is 5.26. The van der Waals surface area contributed by atoms with E-state index in [2.05, 4.69) is 5.32 Å². The van der Waals surface area contributed by atoms with Crippen LogP contribution in [0.4, 0.5) is 0 Å². The summed E-state index contributed by atoms with van der Waals surface area (Å²) in [6.45, 7) is 0.617. The van der Waals surface area contributed by atoms with E-state index in [1.165, 1.54) is 7.11 Å². The molecule has 6 nitrogen and oxygen atoms in total. The minimum atomic E-state index is -0.605. The monoisotopic (exact) mass is 366 g/mol. The van der Waals surface area contributed by atoms with Gasteiger partial charge in [-0.2, -0.15) is 0 Å². The van der Waals surface area contributed by atoms with Crippen LogP contribution in [0, 0.1) is 0 Å². The number of ether oxygens (including phenoxy) is 2. The van der Waals surface area contributed by atoms with Gasteiger partial charge < -0.3 is 25.6 Å². The molecule has 0 aliphatic carbocycles. The first-order chi connectivity index (χ1) is 11.6. The second kappa shape index (κ2) is 10.6. The first kappa shape index (κ1) is 20.8. The number of rotatable bonds is 9. The van der Waals surface area contributed by atoms with Gasteiger partial charge in [0.25, 0.3) is 5.91 Å². The highest BCUT2D eigenvalue weighted by atomic mass is 35.5. The van der Waals surface area contributed by atoms with Gasteiger partial charge in [-0.1, -0.05) is 42.5 Å². The first-order valence-corrected chi connectivity index (χ1v) is 7.62. The summed E-state index contributed by atoms with van der Waals surface area (Å²) >= 11 is 0. The Bertz CT molecular complexity index is 667. The van der Waals surface area contributed by atoms with Crippen LogP contribution in [-0.4, -0.2) is 31.3 Å². The lowest BCUT2D eigenvalue weighted by molar-refractivity contribution is -0.119. The second-order valence-corrected chi connectivity index (χ2v) is 5.26. The Balaban J connectivity index is 0.00000312. The predicted molar refractivity (Wildman–Crippen MR) is 98.0 cm³/mol. The summed E-state index contributed by atoms with van der Waals surface area (Å²) in [6, 6.07) is 14.9. The molecule has 136 valence electrons. The van der Waals surface area contributed by atoms with Gasteiger partial charge in [0.05, 0.1) is 13.2 Å². The van der Waals surface area contributed by atoms with Gasteiger partial charge in [0.15, 0.2) is 18.1 Å². The number of hydrogen-bond acceptors (Lipinski definition) is 5. The van der Waals surface area contributed by atoms with Gasteiger partial charge in [0.1, 0.15) is 0 Å². The number of nitrogens with two attached hydrogens (primary N) is 1. The van der Waals surface area contributed by atoms with Crippen molar-refractivity contribution < 1.29 is 19.4 Å². The molecule has 4 N–H and O–H groups in total. The smallest absolute Gasteiger partial charge is 0.255 e. The number of amides is 1. The standard InChI is InChI=1S/C18H22N2O4.ClH/c1-23-16-9-5-8-14(18(16)24-12-17(19)22)10-20-11-15(21)13-6-3-2-4-7-13;/h2-9,15,20-21H,10-12H2,1H3,(H2,19,22);1H. The Labute approximate surface area is 153 Å². The molecule has 0 aliphatic heterocycles. The van der Waals surface area contributed by atoms with Gasteiger partial charge in [-0.3, -0.25) is 4.79 Å². The van der Waals surface area contributed by atoms with Crippen molar-refractivity contribution in [3.8, 4) is 11.5 Å². The van der Waals surface area contributed by atoms with Crippen LogP contribution in [0.3, 0.4) is 0 Å². The number of carbonyl (C=O) groups excluding carboxylic acids is 1. The fourth-order valence-electron chi connectivity index (χ4n) is 2.30. The number of primary amides is 1. The number of benzene rings is 2. The van der Waals surface area contributed by atoms with Crippen LogP contribution < -0.4 is 20.5 Å². The van der Waals surface area contributed by atoms with E-state index in [1.54, 1.807) is 6.07 Å². The maximum atomic E-state index is 11.0. The van der Waals surface area contributed by atoms with Gasteiger partial charge >= 0.3 is 0 Å². The van der Waals surface area contributed by atoms with Gasteiger partial charge in [-0.15, -0.1) is 12.4 Å². The SMILES string of the molecule is COc1cccc(CNCC(O)c2ccccc2)c1OCC(N)=O.Cl. The summed E-state index contributed by atoms with van der Waals surface area (Å²) in [5.41, 5.74) is 6.80. The number of methoxy groups -OCH3 is 1. The summed E-state index contributed by atoms with van der Waals surface area (Å²) in [6.07, 6.45) is -0.605. The minimum Gasteiger partial charge on any atom is -0.493 e. The topological polar surface area (TPSA) is 93.8 Å². The lowest BCUT2D eigenvalue weighted by Gasteiger charge is -2.16. The average molecular weight is 367 g/mol. The molecule has 2 rings (SSSR count). The zero-order chi connectivity index (χ0) is 17.4. The number of para-hydroxylation sites is 1. The molecule has 1 amide bonds. The van der Waals surface area contributed by atoms with Crippen LogP contribution in [0.2, 0.25) is 0 Å². The van der Waals surface area contributed by atoms with Crippen molar-refractivity contribution in [2.75, 3.05) is 20.3 Å². The molecule has 2 aromatic rings. The Morgan fingerprint density at radius 3 is 2.56 bits per heavy atom. The molecule has 0 aromatic heterocycles. The number of nitrogens with one attached hydrogen (secondary N) is 1. The summed E-state index contributed by atoms with van der Waals surface area (Å²) in [7, 11) is 1.53. The van der Waals surface area contributed by atoms with Gasteiger partial charge in [0.2, 0.25) is 0 Å². The fraction of sp³-hybridized carbons (Fsp3) is 0.278. The Morgan fingerprint density at radius 1 is 1.20 bits per heavy atom. The van der Waals surface area contributed by atoms with Crippen LogP contribution in [0.1, 0.15) is 17.2 Å². The molecule has 7 heteroatoms. The highest BCUT2D eigenvalue weighted by Crippen LogP contribution is 2.31. The van der Waals surface area contributed by atoms with Crippen molar-refractivity contribution in [3.05, 3.63) is 59.7 Å². The molecule has 0 heterocycles. The number of aliphatic hydroxyl groups excluding tert-OH is 1. The molecule has 0 saturated heterocycles. The highest BCUT2D eigenvalue weighted by Gasteiger charge is 2.12. The third-order valence-electron chi connectivity index (χ3n) is 3.48. The van der Waals surface area contributed by atoms with Crippen LogP contribution in [0.5, 0.6) is 11.5 Å². The maximum Gasteiger partial charge on any atom is 0.255 e. The molecule has 0 spiro atoms. The van der Waals surface area contributed by atoms with E-state index in [-0.39, 0.29) is 19.0 Å². The van der Waals surface area contributed by atoms with Gasteiger partial charge in [0, 0.05) is 18.7 Å². The van der Waals surface area contributed by atoms with E-state index in [9.17, 15) is 9.90 Å². The van der Waals surface area contributed by atoms with Crippen LogP contribution in [0.15, 0.2) is 48.5 Å². The third kappa shape index (κ3) is 6.26. The molecule has 2 aromatic carbocycles. The van der Waals surface area contributed by atoms with Crippen molar-refractivity contribution in [2.45, 2.75) is 12.6 Å². The maximum absolute atomic E-state index is 11.0. The van der Waals surface area contributed by atoms with Crippen molar-refractivity contribution in [2.24, 2.45) is 5.73 Å². The molecule has 1 atom stereocenters. The van der Waals surface area contributed by atoms with E-state index < -0.39 is 12.0 Å².